The van der Waals surface area contributed by atoms with Gasteiger partial charge in [0.2, 0.25) is 0 Å². The van der Waals surface area contributed by atoms with Crippen molar-refractivity contribution in [1.29, 1.82) is 0 Å². The van der Waals surface area contributed by atoms with Gasteiger partial charge in [0.1, 0.15) is 10.7 Å². The first kappa shape index (κ1) is 12.1. The smallest absolute Gasteiger partial charge is 0.352 e. The minimum atomic E-state index is -1.13. The molecule has 1 aromatic carbocycles. The number of aromatic amines is 1. The molecule has 0 saturated heterocycles. The Bertz CT molecular complexity index is 636. The van der Waals surface area contributed by atoms with E-state index in [0.717, 1.165) is 0 Å². The summed E-state index contributed by atoms with van der Waals surface area (Å²) in [5, 5.41) is 19.7. The van der Waals surface area contributed by atoms with Crippen molar-refractivity contribution < 1.29 is 14.8 Å². The van der Waals surface area contributed by atoms with Gasteiger partial charge in [-0.2, -0.15) is 0 Å². The molecule has 1 aromatic heterocycles. The number of rotatable bonds is 3. The Morgan fingerprint density at radius 3 is 2.72 bits per heavy atom. The molecule has 0 bridgehead atoms. The molecule has 0 saturated carbocycles. The lowest BCUT2D eigenvalue weighted by molar-refractivity contribution is -0.384. The molecular formula is C11H7ClN2O4. The summed E-state index contributed by atoms with van der Waals surface area (Å²) in [4.78, 5) is 23.6. The summed E-state index contributed by atoms with van der Waals surface area (Å²) in [6, 6.07) is 5.81. The number of nitro groups is 1. The summed E-state index contributed by atoms with van der Waals surface area (Å²) in [5.41, 5.74) is 0.396. The summed E-state index contributed by atoms with van der Waals surface area (Å²) >= 11 is 5.78. The minimum Gasteiger partial charge on any atom is -0.477 e. The fourth-order valence-corrected chi connectivity index (χ4v) is 1.85. The molecule has 0 aliphatic carbocycles. The van der Waals surface area contributed by atoms with E-state index >= 15 is 0 Å². The third-order valence-electron chi connectivity index (χ3n) is 2.39. The van der Waals surface area contributed by atoms with Crippen LogP contribution in [0.1, 0.15) is 10.5 Å². The normalized spacial score (nSPS) is 10.3. The molecule has 2 N–H and O–H groups in total. The van der Waals surface area contributed by atoms with Crippen molar-refractivity contribution in [2.75, 3.05) is 0 Å². The third kappa shape index (κ3) is 2.05. The molecule has 2 rings (SSSR count). The first-order chi connectivity index (χ1) is 8.50. The molecule has 18 heavy (non-hydrogen) atoms. The Hall–Kier alpha value is -2.34. The zero-order chi connectivity index (χ0) is 13.3. The Labute approximate surface area is 106 Å². The van der Waals surface area contributed by atoms with Gasteiger partial charge in [-0.1, -0.05) is 17.7 Å². The molecule has 2 aromatic rings. The second-order valence-electron chi connectivity index (χ2n) is 3.50. The number of carboxylic acid groups (broad SMARTS) is 1. The van der Waals surface area contributed by atoms with Crippen LogP contribution in [-0.4, -0.2) is 21.0 Å². The number of nitrogens with zero attached hydrogens (tertiary/aromatic N) is 1. The number of benzene rings is 1. The van der Waals surface area contributed by atoms with Crippen LogP contribution >= 0.6 is 11.6 Å². The zero-order valence-corrected chi connectivity index (χ0v) is 9.64. The number of aromatic nitrogens is 1. The number of nitro benzene ring substituents is 1. The Kier molecular flexibility index (Phi) is 3.03. The molecule has 0 unspecified atom stereocenters. The summed E-state index contributed by atoms with van der Waals surface area (Å²) < 4.78 is 0. The molecule has 0 aliphatic heterocycles. The van der Waals surface area contributed by atoms with E-state index in [1.807, 2.05) is 0 Å². The van der Waals surface area contributed by atoms with E-state index in [0.29, 0.717) is 5.56 Å². The summed E-state index contributed by atoms with van der Waals surface area (Å²) in [7, 11) is 0. The highest BCUT2D eigenvalue weighted by atomic mass is 35.5. The summed E-state index contributed by atoms with van der Waals surface area (Å²) in [6.45, 7) is 0. The van der Waals surface area contributed by atoms with Gasteiger partial charge in [-0.25, -0.2) is 4.79 Å². The number of halogens is 1. The zero-order valence-electron chi connectivity index (χ0n) is 8.88. The second-order valence-corrected chi connectivity index (χ2v) is 3.91. The maximum absolute atomic E-state index is 11.0. The quantitative estimate of drug-likeness (QED) is 0.659. The molecule has 92 valence electrons. The fraction of sp³-hybridized carbons (Fsp3) is 0. The number of para-hydroxylation sites is 1. The number of H-pyrrole nitrogens is 1. The molecular weight excluding hydrogens is 260 g/mol. The average Bonchev–Trinajstić information content (AvgIpc) is 2.77. The number of nitrogens with one attached hydrogen (secondary N) is 1. The molecule has 0 fully saturated rings. The predicted molar refractivity (Wildman–Crippen MR) is 64.9 cm³/mol. The van der Waals surface area contributed by atoms with E-state index < -0.39 is 10.9 Å². The Morgan fingerprint density at radius 1 is 1.44 bits per heavy atom. The van der Waals surface area contributed by atoms with Crippen LogP contribution in [0.15, 0.2) is 30.5 Å². The van der Waals surface area contributed by atoms with Gasteiger partial charge in [0.05, 0.1) is 10.5 Å². The standard InChI is InChI=1S/C11H7ClN2O4/c12-8-3-1-2-7(10(8)14(17)18)6-4-9(11(15)16)13-5-6/h1-5,13H,(H,15,16). The van der Waals surface area contributed by atoms with Crippen LogP contribution in [0.3, 0.4) is 0 Å². The third-order valence-corrected chi connectivity index (χ3v) is 2.70. The van der Waals surface area contributed by atoms with E-state index in [4.69, 9.17) is 16.7 Å². The van der Waals surface area contributed by atoms with Gasteiger partial charge in [-0.05, 0) is 18.2 Å². The molecule has 0 atom stereocenters. The van der Waals surface area contributed by atoms with Crippen molar-refractivity contribution >= 4 is 23.3 Å². The van der Waals surface area contributed by atoms with Crippen LogP contribution < -0.4 is 0 Å². The predicted octanol–water partition coefficient (Wildman–Crippen LogP) is 2.94. The second kappa shape index (κ2) is 4.50. The maximum Gasteiger partial charge on any atom is 0.352 e. The van der Waals surface area contributed by atoms with Crippen molar-refractivity contribution in [2.45, 2.75) is 0 Å². The van der Waals surface area contributed by atoms with Crippen molar-refractivity contribution in [2.24, 2.45) is 0 Å². The highest BCUT2D eigenvalue weighted by Gasteiger charge is 2.20. The highest BCUT2D eigenvalue weighted by Crippen LogP contribution is 2.35. The molecule has 0 aliphatic rings. The van der Waals surface area contributed by atoms with Crippen LogP contribution in [0.5, 0.6) is 0 Å². The number of aromatic carboxylic acids is 1. The molecule has 0 radical (unpaired) electrons. The largest absolute Gasteiger partial charge is 0.477 e. The van der Waals surface area contributed by atoms with Gasteiger partial charge < -0.3 is 10.1 Å². The number of carboxylic acids is 1. The van der Waals surface area contributed by atoms with Crippen molar-refractivity contribution in [3.05, 3.63) is 51.3 Å². The molecule has 0 spiro atoms. The van der Waals surface area contributed by atoms with Crippen molar-refractivity contribution in [3.8, 4) is 11.1 Å². The Balaban J connectivity index is 2.59. The molecule has 7 heteroatoms. The van der Waals surface area contributed by atoms with Crippen LogP contribution in [0, 0.1) is 10.1 Å². The lowest BCUT2D eigenvalue weighted by atomic mass is 10.1. The van der Waals surface area contributed by atoms with Gasteiger partial charge in [-0.3, -0.25) is 10.1 Å². The Morgan fingerprint density at radius 2 is 2.17 bits per heavy atom. The van der Waals surface area contributed by atoms with Gasteiger partial charge in [0, 0.05) is 11.8 Å². The van der Waals surface area contributed by atoms with E-state index in [1.54, 1.807) is 6.07 Å². The number of carbonyl (C=O) groups is 1. The first-order valence-electron chi connectivity index (χ1n) is 4.85. The van der Waals surface area contributed by atoms with E-state index in [9.17, 15) is 14.9 Å². The summed E-state index contributed by atoms with van der Waals surface area (Å²) in [6.07, 6.45) is 1.39. The van der Waals surface area contributed by atoms with Gasteiger partial charge in [0.25, 0.3) is 5.69 Å². The van der Waals surface area contributed by atoms with Crippen molar-refractivity contribution in [3.63, 3.8) is 0 Å². The monoisotopic (exact) mass is 266 g/mol. The van der Waals surface area contributed by atoms with E-state index in [-0.39, 0.29) is 22.0 Å². The first-order valence-corrected chi connectivity index (χ1v) is 5.23. The fourth-order valence-electron chi connectivity index (χ4n) is 1.61. The SMILES string of the molecule is O=C(O)c1cc(-c2cccc(Cl)c2[N+](=O)[O-])c[nH]1. The topological polar surface area (TPSA) is 96.2 Å². The molecule has 6 nitrogen and oxygen atoms in total. The van der Waals surface area contributed by atoms with Crippen LogP contribution in [0.2, 0.25) is 5.02 Å². The van der Waals surface area contributed by atoms with Gasteiger partial charge >= 0.3 is 5.97 Å². The van der Waals surface area contributed by atoms with E-state index in [1.165, 1.54) is 24.4 Å². The average molecular weight is 267 g/mol. The van der Waals surface area contributed by atoms with Gasteiger partial charge in [0.15, 0.2) is 0 Å². The lowest BCUT2D eigenvalue weighted by Crippen LogP contribution is -1.95. The number of hydrogen-bond acceptors (Lipinski definition) is 3. The van der Waals surface area contributed by atoms with Crippen molar-refractivity contribution in [1.82, 2.24) is 4.98 Å². The van der Waals surface area contributed by atoms with E-state index in [2.05, 4.69) is 4.98 Å². The summed E-state index contributed by atoms with van der Waals surface area (Å²) in [5.74, 6) is -1.13. The van der Waals surface area contributed by atoms with Crippen LogP contribution in [0.4, 0.5) is 5.69 Å². The lowest BCUT2D eigenvalue weighted by Gasteiger charge is -2.01. The number of hydrogen-bond donors (Lipinski definition) is 2. The van der Waals surface area contributed by atoms with Crippen LogP contribution in [-0.2, 0) is 0 Å². The van der Waals surface area contributed by atoms with Gasteiger partial charge in [-0.15, -0.1) is 0 Å². The minimum absolute atomic E-state index is 0.00979. The highest BCUT2D eigenvalue weighted by molar-refractivity contribution is 6.33. The molecule has 0 amide bonds. The molecule has 1 heterocycles. The van der Waals surface area contributed by atoms with Crippen LogP contribution in [0.25, 0.3) is 11.1 Å². The maximum atomic E-state index is 11.0.